The van der Waals surface area contributed by atoms with Crippen molar-refractivity contribution < 1.29 is 24.9 Å². The van der Waals surface area contributed by atoms with Gasteiger partial charge in [-0.1, -0.05) is 90.1 Å². The van der Waals surface area contributed by atoms with E-state index in [0.717, 1.165) is 0 Å². The Morgan fingerprint density at radius 2 is 1.19 bits per heavy atom. The Bertz CT molecular complexity index is 876. The molecular weight excluding hydrogens is 471 g/mol. The first-order chi connectivity index (χ1) is 13.7. The van der Waals surface area contributed by atoms with Crippen molar-refractivity contribution in [2.45, 2.75) is 46.4 Å². The van der Waals surface area contributed by atoms with Crippen LogP contribution in [-0.2, 0) is 40.0 Å². The third-order valence-corrected chi connectivity index (χ3v) is 4.41. The van der Waals surface area contributed by atoms with Crippen LogP contribution in [0.1, 0.15) is 41.5 Å². The molecule has 1 heterocycles. The largest absolute Gasteiger partial charge is 3.00 e. The molecule has 1 aromatic heterocycles. The fraction of sp³-hybridized carbons (Fsp3) is 0.250. The first-order valence-corrected chi connectivity index (χ1v) is 11.1. The molecule has 0 unspecified atom stereocenters. The van der Waals surface area contributed by atoms with Gasteiger partial charge in [0.05, 0.1) is 10.6 Å². The molecule has 4 nitrogen and oxygen atoms in total. The van der Waals surface area contributed by atoms with Gasteiger partial charge in [0.2, 0.25) is 0 Å². The molecule has 1 radical (unpaired) electrons. The summed E-state index contributed by atoms with van der Waals surface area (Å²) in [5, 5.41) is 0. The number of aromatic nitrogens is 1. The maximum atomic E-state index is 12.4. The van der Waals surface area contributed by atoms with Crippen LogP contribution in [-0.4, -0.2) is 13.4 Å². The molecule has 0 fully saturated rings. The third kappa shape index (κ3) is 12.0. The second-order valence-electron chi connectivity index (χ2n) is 4.61. The molecule has 0 aliphatic heterocycles. The number of benzene rings is 2. The van der Waals surface area contributed by atoms with Crippen LogP contribution in [0.3, 0.4) is 0 Å². The maximum Gasteiger partial charge on any atom is 3.00 e. The molecule has 3 aromatic rings. The van der Waals surface area contributed by atoms with Gasteiger partial charge in [-0.15, -0.1) is 5.69 Å². The van der Waals surface area contributed by atoms with Crippen molar-refractivity contribution in [1.82, 2.24) is 4.98 Å². The van der Waals surface area contributed by atoms with E-state index in [1.54, 1.807) is 36.5 Å². The number of pyridine rings is 1. The van der Waals surface area contributed by atoms with Crippen molar-refractivity contribution in [2.75, 3.05) is 0 Å². The summed E-state index contributed by atoms with van der Waals surface area (Å²) in [7, 11) is -3.75. The summed E-state index contributed by atoms with van der Waals surface area (Å²) >= 11 is 0. The van der Waals surface area contributed by atoms with E-state index >= 15 is 0 Å². The Morgan fingerprint density at radius 1 is 0.710 bits per heavy atom. The van der Waals surface area contributed by atoms with E-state index in [1.807, 2.05) is 71.9 Å². The van der Waals surface area contributed by atoms with Crippen LogP contribution in [0, 0.1) is 7.43 Å². The first kappa shape index (κ1) is 36.6. The fourth-order valence-corrected chi connectivity index (χ4v) is 3.09. The zero-order valence-corrected chi connectivity index (χ0v) is 22.1. The molecule has 7 heteroatoms. The maximum absolute atomic E-state index is 12.4. The average Bonchev–Trinajstić information content (AvgIpc) is 2.79. The SMILES string of the molecule is CC.CC.CC.O=S(=O)([N-]c1ccccc1-c1ccccn1)c1ccccc1.[CH3-].[Ni+3].[SH-]. The van der Waals surface area contributed by atoms with Gasteiger partial charge >= 0.3 is 16.5 Å². The first-order valence-electron chi connectivity index (χ1n) is 9.70. The van der Waals surface area contributed by atoms with Crippen molar-refractivity contribution in [3.8, 4) is 11.3 Å². The van der Waals surface area contributed by atoms with Crippen LogP contribution in [0.2, 0.25) is 0 Å². The van der Waals surface area contributed by atoms with Crippen molar-refractivity contribution in [3.05, 3.63) is 91.1 Å². The Balaban J connectivity index is -0.000000374. The average molecular weight is 506 g/mol. The van der Waals surface area contributed by atoms with Crippen LogP contribution in [0.4, 0.5) is 5.69 Å². The Hall–Kier alpha value is -1.82. The summed E-state index contributed by atoms with van der Waals surface area (Å²) in [6, 6.07) is 20.7. The number of sulfonamides is 1. The minimum Gasteiger partial charge on any atom is -0.813 e. The molecule has 175 valence electrons. The molecular formula is C24H35N2NiO2S2. The van der Waals surface area contributed by atoms with Crippen LogP contribution in [0.5, 0.6) is 0 Å². The van der Waals surface area contributed by atoms with Gasteiger partial charge in [-0.25, -0.2) is 8.42 Å². The summed E-state index contributed by atoms with van der Waals surface area (Å²) in [4.78, 5) is 4.43. The van der Waals surface area contributed by atoms with Crippen LogP contribution < -0.4 is 0 Å². The topological polar surface area (TPSA) is 61.1 Å². The number of hydrogen-bond donors (Lipinski definition) is 0. The van der Waals surface area contributed by atoms with Crippen LogP contribution in [0.25, 0.3) is 16.0 Å². The van der Waals surface area contributed by atoms with Gasteiger partial charge in [-0.3, -0.25) is 4.98 Å². The Morgan fingerprint density at radius 3 is 1.71 bits per heavy atom. The zero-order chi connectivity index (χ0) is 21.4. The van der Waals surface area contributed by atoms with E-state index in [-0.39, 0.29) is 42.3 Å². The predicted molar refractivity (Wildman–Crippen MR) is 136 cm³/mol. The summed E-state index contributed by atoms with van der Waals surface area (Å²) in [6.45, 7) is 12.0. The van der Waals surface area contributed by atoms with Crippen LogP contribution in [0.15, 0.2) is 83.9 Å². The fourth-order valence-electron chi connectivity index (χ4n) is 2.07. The molecule has 0 atom stereocenters. The zero-order valence-electron chi connectivity index (χ0n) is 19.4. The molecule has 31 heavy (non-hydrogen) atoms. The van der Waals surface area contributed by atoms with Crippen molar-refractivity contribution in [3.63, 3.8) is 0 Å². The quantitative estimate of drug-likeness (QED) is 0.160. The normalized spacial score (nSPS) is 8.45. The molecule has 0 aliphatic carbocycles. The minimum absolute atomic E-state index is 0. The van der Waals surface area contributed by atoms with Gasteiger partial charge < -0.3 is 25.6 Å². The monoisotopic (exact) mass is 505 g/mol. The van der Waals surface area contributed by atoms with Gasteiger partial charge in [0.1, 0.15) is 10.0 Å². The van der Waals surface area contributed by atoms with Gasteiger partial charge in [-0.2, -0.15) is 0 Å². The van der Waals surface area contributed by atoms with E-state index in [1.165, 1.54) is 12.1 Å². The number of rotatable bonds is 4. The van der Waals surface area contributed by atoms with Gasteiger partial charge in [0, 0.05) is 6.20 Å². The van der Waals surface area contributed by atoms with E-state index in [2.05, 4.69) is 9.71 Å². The van der Waals surface area contributed by atoms with E-state index in [0.29, 0.717) is 16.9 Å². The van der Waals surface area contributed by atoms with Gasteiger partial charge in [0.25, 0.3) is 0 Å². The second-order valence-corrected chi connectivity index (χ2v) is 6.22. The molecule has 2 aromatic carbocycles. The van der Waals surface area contributed by atoms with Gasteiger partial charge in [-0.05, 0) is 29.8 Å². The van der Waals surface area contributed by atoms with E-state index in [9.17, 15) is 8.42 Å². The second kappa shape index (κ2) is 21.4. The van der Waals surface area contributed by atoms with E-state index in [4.69, 9.17) is 0 Å². The third-order valence-electron chi connectivity index (χ3n) is 3.10. The van der Waals surface area contributed by atoms with Crippen molar-refractivity contribution >= 4 is 29.2 Å². The van der Waals surface area contributed by atoms with Crippen molar-refractivity contribution in [2.24, 2.45) is 0 Å². The molecule has 0 saturated heterocycles. The van der Waals surface area contributed by atoms with Crippen LogP contribution >= 0.6 is 0 Å². The molecule has 0 aliphatic rings. The minimum atomic E-state index is -3.75. The summed E-state index contributed by atoms with van der Waals surface area (Å²) in [5.74, 6) is 0. The number of nitrogens with zero attached hydrogens (tertiary/aromatic N) is 2. The molecule has 3 rings (SSSR count). The predicted octanol–water partition coefficient (Wildman–Crippen LogP) is 7.40. The molecule has 0 bridgehead atoms. The Kier molecular flexibility index (Phi) is 25.3. The summed E-state index contributed by atoms with van der Waals surface area (Å²) in [6.07, 6.45) is 1.66. The summed E-state index contributed by atoms with van der Waals surface area (Å²) in [5.41, 5.74) is 1.75. The van der Waals surface area contributed by atoms with Gasteiger partial charge in [0.15, 0.2) is 0 Å². The molecule has 0 saturated carbocycles. The summed E-state index contributed by atoms with van der Waals surface area (Å²) < 4.78 is 28.8. The standard InChI is InChI=1S/C17H13N2O2S.3C2H6.CH3.Ni.H2S/c20-22(21,14-8-2-1-3-9-14)19-17-12-5-4-10-15(17)16-11-6-7-13-18-16;3*1-2;;;/h1-13H;3*1-2H3;1H3;;1H2/q-1;;;;-1;+3;/p-1. The molecule has 0 amide bonds. The Labute approximate surface area is 207 Å². The van der Waals surface area contributed by atoms with E-state index < -0.39 is 10.0 Å². The molecule has 0 N–H and O–H groups in total. The number of thiol groups is 1. The molecule has 0 spiro atoms. The smallest absolute Gasteiger partial charge is 0.813 e. The number of hydrogen-bond acceptors (Lipinski definition) is 4. The van der Waals surface area contributed by atoms with Crippen molar-refractivity contribution in [1.29, 1.82) is 0 Å².